The van der Waals surface area contributed by atoms with Crippen molar-refractivity contribution in [2.45, 2.75) is 13.0 Å². The Hall–Kier alpha value is -1.92. The molecule has 0 bridgehead atoms. The zero-order valence-electron chi connectivity index (χ0n) is 8.82. The van der Waals surface area contributed by atoms with Crippen LogP contribution >= 0.6 is 0 Å². The molecule has 0 aliphatic carbocycles. The van der Waals surface area contributed by atoms with Crippen LogP contribution in [-0.4, -0.2) is 15.9 Å². The number of nitrogens with zero attached hydrogens (tertiary/aromatic N) is 1. The molecule has 0 fully saturated rings. The maximum atomic E-state index is 11.3. The van der Waals surface area contributed by atoms with Crippen LogP contribution < -0.4 is 17.0 Å². The number of H-pyrrole nitrogens is 1. The molecular weight excluding hydrogens is 206 g/mol. The van der Waals surface area contributed by atoms with Crippen molar-refractivity contribution in [3.63, 3.8) is 0 Å². The largest absolute Gasteiger partial charge is 0.342 e. The van der Waals surface area contributed by atoms with E-state index < -0.39 is 11.9 Å². The molecule has 0 saturated heterocycles. The molecular formula is C10H13N5O. The average molecular weight is 219 g/mol. The summed E-state index contributed by atoms with van der Waals surface area (Å²) in [6, 6.07) is 4.62. The van der Waals surface area contributed by atoms with E-state index in [1.807, 2.05) is 18.4 Å². The third-order valence-corrected chi connectivity index (χ3v) is 2.41. The fraction of sp³-hybridized carbons (Fsp3) is 0.200. The number of aryl methyl sites for hydroxylation is 1. The van der Waals surface area contributed by atoms with E-state index in [-0.39, 0.29) is 0 Å². The Bertz CT molecular complexity index is 533. The van der Waals surface area contributed by atoms with Gasteiger partial charge in [0.25, 0.3) is 5.91 Å². The molecule has 84 valence electrons. The lowest BCUT2D eigenvalue weighted by Gasteiger charge is -2.09. The van der Waals surface area contributed by atoms with Crippen molar-refractivity contribution in [2.24, 2.45) is 11.6 Å². The highest BCUT2D eigenvalue weighted by Crippen LogP contribution is 2.17. The molecule has 1 aromatic heterocycles. The van der Waals surface area contributed by atoms with Crippen LogP contribution in [0.1, 0.15) is 17.4 Å². The summed E-state index contributed by atoms with van der Waals surface area (Å²) < 4.78 is 0. The number of aromatic nitrogens is 2. The monoisotopic (exact) mass is 219 g/mol. The highest BCUT2D eigenvalue weighted by atomic mass is 16.2. The zero-order chi connectivity index (χ0) is 11.7. The van der Waals surface area contributed by atoms with Crippen LogP contribution in [0, 0.1) is 6.92 Å². The van der Waals surface area contributed by atoms with Gasteiger partial charge >= 0.3 is 0 Å². The third-order valence-electron chi connectivity index (χ3n) is 2.41. The van der Waals surface area contributed by atoms with E-state index in [1.54, 1.807) is 12.1 Å². The van der Waals surface area contributed by atoms with E-state index in [0.29, 0.717) is 5.56 Å². The molecule has 0 aliphatic rings. The van der Waals surface area contributed by atoms with Crippen molar-refractivity contribution >= 4 is 16.9 Å². The number of imidazole rings is 1. The van der Waals surface area contributed by atoms with Crippen molar-refractivity contribution in [1.29, 1.82) is 0 Å². The van der Waals surface area contributed by atoms with E-state index >= 15 is 0 Å². The Kier molecular flexibility index (Phi) is 2.59. The summed E-state index contributed by atoms with van der Waals surface area (Å²) in [5, 5.41) is 0. The molecule has 0 radical (unpaired) electrons. The molecule has 2 aromatic rings. The Labute approximate surface area is 92.0 Å². The molecule has 0 saturated carbocycles. The van der Waals surface area contributed by atoms with Crippen molar-refractivity contribution in [2.75, 3.05) is 0 Å². The molecule has 1 amide bonds. The van der Waals surface area contributed by atoms with Gasteiger partial charge in [0.1, 0.15) is 11.9 Å². The van der Waals surface area contributed by atoms with Crippen LogP contribution in [0.5, 0.6) is 0 Å². The van der Waals surface area contributed by atoms with Crippen LogP contribution in [0.25, 0.3) is 11.0 Å². The van der Waals surface area contributed by atoms with Gasteiger partial charge in [-0.1, -0.05) is 6.07 Å². The van der Waals surface area contributed by atoms with Crippen molar-refractivity contribution in [3.05, 3.63) is 29.6 Å². The molecule has 2 rings (SSSR count). The summed E-state index contributed by atoms with van der Waals surface area (Å²) >= 11 is 0. The number of carbonyl (C=O) groups excluding carboxylic acids is 1. The van der Waals surface area contributed by atoms with Gasteiger partial charge in [-0.2, -0.15) is 0 Å². The maximum absolute atomic E-state index is 11.3. The standard InChI is InChI=1S/C10H13N5O/c1-5-13-7-3-2-6(4-8(7)14-5)9(11)10(16)15-12/h2-4,9H,11-12H2,1H3,(H,13,14)(H,15,16). The average Bonchev–Trinajstić information content (AvgIpc) is 2.65. The summed E-state index contributed by atoms with van der Waals surface area (Å²) in [5.74, 6) is 5.43. The van der Waals surface area contributed by atoms with Crippen LogP contribution in [0.2, 0.25) is 0 Å². The molecule has 1 unspecified atom stereocenters. The normalized spacial score (nSPS) is 12.7. The Morgan fingerprint density at radius 1 is 1.56 bits per heavy atom. The molecule has 6 heteroatoms. The lowest BCUT2D eigenvalue weighted by Crippen LogP contribution is -2.38. The Balaban J connectivity index is 2.42. The van der Waals surface area contributed by atoms with Gasteiger partial charge < -0.3 is 10.7 Å². The highest BCUT2D eigenvalue weighted by molar-refractivity contribution is 5.84. The smallest absolute Gasteiger partial charge is 0.255 e. The number of nitrogens with one attached hydrogen (secondary N) is 2. The van der Waals surface area contributed by atoms with Gasteiger partial charge in [-0.3, -0.25) is 10.2 Å². The second-order valence-electron chi connectivity index (χ2n) is 3.59. The highest BCUT2D eigenvalue weighted by Gasteiger charge is 2.15. The number of hydrogen-bond donors (Lipinski definition) is 4. The number of amides is 1. The molecule has 6 N–H and O–H groups in total. The zero-order valence-corrected chi connectivity index (χ0v) is 8.82. The van der Waals surface area contributed by atoms with Crippen LogP contribution in [0.4, 0.5) is 0 Å². The fourth-order valence-electron chi connectivity index (χ4n) is 1.59. The number of fused-ring (bicyclic) bond motifs is 1. The lowest BCUT2D eigenvalue weighted by atomic mass is 10.1. The minimum absolute atomic E-state index is 0.421. The topological polar surface area (TPSA) is 110 Å². The molecule has 1 heterocycles. The number of benzene rings is 1. The number of hydrogen-bond acceptors (Lipinski definition) is 4. The van der Waals surface area contributed by atoms with Crippen LogP contribution in [0.3, 0.4) is 0 Å². The molecule has 1 aromatic carbocycles. The number of rotatable bonds is 2. The van der Waals surface area contributed by atoms with E-state index in [9.17, 15) is 4.79 Å². The van der Waals surface area contributed by atoms with Crippen molar-refractivity contribution < 1.29 is 4.79 Å². The van der Waals surface area contributed by atoms with Crippen LogP contribution in [-0.2, 0) is 4.79 Å². The first-order valence-electron chi connectivity index (χ1n) is 4.84. The minimum atomic E-state index is -0.766. The van der Waals surface area contributed by atoms with Gasteiger partial charge in [0.15, 0.2) is 0 Å². The second kappa shape index (κ2) is 3.92. The molecule has 6 nitrogen and oxygen atoms in total. The predicted octanol–water partition coefficient (Wildman–Crippen LogP) is -0.139. The summed E-state index contributed by atoms with van der Waals surface area (Å²) in [6.07, 6.45) is 0. The maximum Gasteiger partial charge on any atom is 0.255 e. The van der Waals surface area contributed by atoms with Gasteiger partial charge in [-0.25, -0.2) is 10.8 Å². The number of aromatic amines is 1. The third kappa shape index (κ3) is 1.75. The van der Waals surface area contributed by atoms with E-state index in [2.05, 4.69) is 9.97 Å². The number of nitrogens with two attached hydrogens (primary N) is 2. The second-order valence-corrected chi connectivity index (χ2v) is 3.59. The molecule has 16 heavy (non-hydrogen) atoms. The van der Waals surface area contributed by atoms with Crippen LogP contribution in [0.15, 0.2) is 18.2 Å². The molecule has 0 aliphatic heterocycles. The first-order chi connectivity index (χ1) is 7.61. The summed E-state index contributed by atoms with van der Waals surface area (Å²) in [4.78, 5) is 18.6. The number of carbonyl (C=O) groups is 1. The molecule has 1 atom stereocenters. The summed E-state index contributed by atoms with van der Waals surface area (Å²) in [5.41, 5.74) is 10.1. The van der Waals surface area contributed by atoms with Gasteiger partial charge in [0.05, 0.1) is 11.0 Å². The number of hydrazine groups is 1. The Morgan fingerprint density at radius 2 is 2.31 bits per heavy atom. The van der Waals surface area contributed by atoms with E-state index in [1.165, 1.54) is 0 Å². The van der Waals surface area contributed by atoms with Crippen molar-refractivity contribution in [1.82, 2.24) is 15.4 Å². The van der Waals surface area contributed by atoms with E-state index in [0.717, 1.165) is 16.9 Å². The SMILES string of the molecule is Cc1nc2ccc(C(N)C(=O)NN)cc2[nH]1. The van der Waals surface area contributed by atoms with Gasteiger partial charge in [0, 0.05) is 0 Å². The predicted molar refractivity (Wildman–Crippen MR) is 60.1 cm³/mol. The minimum Gasteiger partial charge on any atom is -0.342 e. The van der Waals surface area contributed by atoms with E-state index in [4.69, 9.17) is 11.6 Å². The van der Waals surface area contributed by atoms with Gasteiger partial charge in [-0.05, 0) is 24.6 Å². The van der Waals surface area contributed by atoms with Gasteiger partial charge in [-0.15, -0.1) is 0 Å². The van der Waals surface area contributed by atoms with Crippen molar-refractivity contribution in [3.8, 4) is 0 Å². The first-order valence-corrected chi connectivity index (χ1v) is 4.84. The summed E-state index contributed by atoms with van der Waals surface area (Å²) in [7, 11) is 0. The quantitative estimate of drug-likeness (QED) is 0.320. The lowest BCUT2D eigenvalue weighted by molar-refractivity contribution is -0.122. The molecule has 0 spiro atoms. The fourth-order valence-corrected chi connectivity index (χ4v) is 1.59. The first kappa shape index (κ1) is 10.6. The summed E-state index contributed by atoms with van der Waals surface area (Å²) in [6.45, 7) is 1.87. The van der Waals surface area contributed by atoms with Gasteiger partial charge in [0.2, 0.25) is 0 Å². The Morgan fingerprint density at radius 3 is 3.00 bits per heavy atom.